The quantitative estimate of drug-likeness (QED) is 0.615. The van der Waals surface area contributed by atoms with Crippen molar-refractivity contribution in [3.63, 3.8) is 0 Å². The van der Waals surface area contributed by atoms with Gasteiger partial charge in [-0.05, 0) is 62.5 Å². The first-order chi connectivity index (χ1) is 13.8. The van der Waals surface area contributed by atoms with Gasteiger partial charge in [0.25, 0.3) is 0 Å². The fourth-order valence-electron chi connectivity index (χ4n) is 3.25. The molecule has 0 aliphatic heterocycles. The largest absolute Gasteiger partial charge is 0.388 e. The number of amides is 1. The number of anilines is 1. The standard InChI is InChI=1S/C24H31N3O2/c1-7-15(4)21(23(29)9-3)10-16(5)20(8-2)22-11-18-14-26-24(27-17(6)28)12-19(18)13-25-22/h8,10-14,23,29H,7,9H2,1-6H3,(H,26,27,28)/b16-10-,20-8+,21-15-. The molecule has 5 nitrogen and oxygen atoms in total. The summed E-state index contributed by atoms with van der Waals surface area (Å²) in [5.41, 5.74) is 5.09. The fourth-order valence-corrected chi connectivity index (χ4v) is 3.25. The molecule has 154 valence electrons. The van der Waals surface area contributed by atoms with E-state index in [9.17, 15) is 9.90 Å². The molecule has 0 saturated carbocycles. The van der Waals surface area contributed by atoms with Crippen molar-refractivity contribution in [2.75, 3.05) is 5.32 Å². The lowest BCUT2D eigenvalue weighted by Gasteiger charge is -2.16. The lowest BCUT2D eigenvalue weighted by Crippen LogP contribution is -2.09. The van der Waals surface area contributed by atoms with Gasteiger partial charge < -0.3 is 10.4 Å². The number of carbonyl (C=O) groups is 1. The molecular weight excluding hydrogens is 362 g/mol. The molecule has 1 amide bonds. The third kappa shape index (κ3) is 5.61. The maximum atomic E-state index is 11.2. The molecule has 2 N–H and O–H groups in total. The van der Waals surface area contributed by atoms with Crippen LogP contribution in [-0.2, 0) is 4.79 Å². The number of pyridine rings is 2. The predicted molar refractivity (Wildman–Crippen MR) is 121 cm³/mol. The smallest absolute Gasteiger partial charge is 0.222 e. The zero-order valence-corrected chi connectivity index (χ0v) is 18.2. The highest BCUT2D eigenvalue weighted by Crippen LogP contribution is 2.28. The minimum atomic E-state index is -0.469. The number of hydrogen-bond donors (Lipinski definition) is 2. The second-order valence-electron chi connectivity index (χ2n) is 7.21. The van der Waals surface area contributed by atoms with E-state index in [-0.39, 0.29) is 5.91 Å². The number of aliphatic hydroxyl groups excluding tert-OH is 1. The molecule has 0 aliphatic carbocycles. The van der Waals surface area contributed by atoms with Gasteiger partial charge in [-0.15, -0.1) is 0 Å². The van der Waals surface area contributed by atoms with Crippen LogP contribution < -0.4 is 5.32 Å². The van der Waals surface area contributed by atoms with Crippen LogP contribution in [0.3, 0.4) is 0 Å². The maximum Gasteiger partial charge on any atom is 0.222 e. The normalized spacial score (nSPS) is 14.6. The van der Waals surface area contributed by atoms with Gasteiger partial charge in [-0.1, -0.05) is 31.6 Å². The number of rotatable bonds is 7. The third-order valence-corrected chi connectivity index (χ3v) is 5.04. The van der Waals surface area contributed by atoms with Crippen molar-refractivity contribution in [3.8, 4) is 0 Å². The monoisotopic (exact) mass is 393 g/mol. The number of nitrogens with zero attached hydrogens (tertiary/aromatic N) is 2. The molecule has 1 unspecified atom stereocenters. The van der Waals surface area contributed by atoms with Crippen molar-refractivity contribution in [1.82, 2.24) is 9.97 Å². The zero-order chi connectivity index (χ0) is 21.6. The fraction of sp³-hybridized carbons (Fsp3) is 0.375. The van der Waals surface area contributed by atoms with Crippen LogP contribution in [0.1, 0.15) is 60.1 Å². The summed E-state index contributed by atoms with van der Waals surface area (Å²) in [6.45, 7) is 11.7. The average molecular weight is 394 g/mol. The highest BCUT2D eigenvalue weighted by atomic mass is 16.3. The Morgan fingerprint density at radius 3 is 2.38 bits per heavy atom. The number of fused-ring (bicyclic) bond motifs is 1. The van der Waals surface area contributed by atoms with Gasteiger partial charge in [-0.3, -0.25) is 9.78 Å². The van der Waals surface area contributed by atoms with E-state index in [2.05, 4.69) is 35.2 Å². The van der Waals surface area contributed by atoms with Crippen LogP contribution in [-0.4, -0.2) is 27.1 Å². The van der Waals surface area contributed by atoms with Crippen LogP contribution in [0, 0.1) is 0 Å². The van der Waals surface area contributed by atoms with Crippen LogP contribution in [0.25, 0.3) is 16.3 Å². The number of hydrogen-bond acceptors (Lipinski definition) is 4. The molecule has 29 heavy (non-hydrogen) atoms. The minimum Gasteiger partial charge on any atom is -0.388 e. The Labute approximate surface area is 173 Å². The lowest BCUT2D eigenvalue weighted by molar-refractivity contribution is -0.114. The molecule has 1 atom stereocenters. The SMILES string of the molecule is C\C=C(/C(C)=C\C(=C(/C)CC)C(O)CC)c1cc2cnc(NC(C)=O)cc2cn1. The van der Waals surface area contributed by atoms with E-state index in [1.165, 1.54) is 12.5 Å². The Balaban J connectivity index is 2.45. The van der Waals surface area contributed by atoms with Gasteiger partial charge in [0, 0.05) is 30.1 Å². The summed E-state index contributed by atoms with van der Waals surface area (Å²) >= 11 is 0. The van der Waals surface area contributed by atoms with Crippen molar-refractivity contribution in [3.05, 3.63) is 59.1 Å². The van der Waals surface area contributed by atoms with Gasteiger partial charge in [-0.25, -0.2) is 4.98 Å². The van der Waals surface area contributed by atoms with E-state index in [1.807, 2.05) is 39.0 Å². The summed E-state index contributed by atoms with van der Waals surface area (Å²) in [4.78, 5) is 20.2. The zero-order valence-electron chi connectivity index (χ0n) is 18.2. The molecule has 0 spiro atoms. The first-order valence-corrected chi connectivity index (χ1v) is 10.1. The number of nitrogens with one attached hydrogen (secondary N) is 1. The van der Waals surface area contributed by atoms with Crippen molar-refractivity contribution in [2.45, 2.75) is 60.5 Å². The summed E-state index contributed by atoms with van der Waals surface area (Å²) in [7, 11) is 0. The van der Waals surface area contributed by atoms with Gasteiger partial charge in [0.2, 0.25) is 5.91 Å². The molecule has 0 saturated heterocycles. The van der Waals surface area contributed by atoms with Crippen molar-refractivity contribution < 1.29 is 9.90 Å². The summed E-state index contributed by atoms with van der Waals surface area (Å²) < 4.78 is 0. The van der Waals surface area contributed by atoms with Gasteiger partial charge >= 0.3 is 0 Å². The number of carbonyl (C=O) groups excluding carboxylic acids is 1. The van der Waals surface area contributed by atoms with E-state index in [4.69, 9.17) is 0 Å². The second-order valence-corrected chi connectivity index (χ2v) is 7.21. The Morgan fingerprint density at radius 1 is 1.14 bits per heavy atom. The van der Waals surface area contributed by atoms with Crippen LogP contribution in [0.5, 0.6) is 0 Å². The van der Waals surface area contributed by atoms with Gasteiger partial charge in [0.1, 0.15) is 5.82 Å². The van der Waals surface area contributed by atoms with Crippen molar-refractivity contribution in [1.29, 1.82) is 0 Å². The first kappa shape index (κ1) is 22.5. The Morgan fingerprint density at radius 2 is 1.79 bits per heavy atom. The molecule has 2 aromatic rings. The van der Waals surface area contributed by atoms with Gasteiger partial charge in [-0.2, -0.15) is 0 Å². The first-order valence-electron chi connectivity index (χ1n) is 10.1. The number of aliphatic hydroxyl groups is 1. The molecule has 0 aromatic carbocycles. The number of allylic oxidation sites excluding steroid dienone is 4. The van der Waals surface area contributed by atoms with Crippen LogP contribution in [0.4, 0.5) is 5.82 Å². The molecule has 0 fully saturated rings. The summed E-state index contributed by atoms with van der Waals surface area (Å²) in [5, 5.41) is 15.0. The second kappa shape index (κ2) is 10.1. The Bertz CT molecular complexity index is 987. The highest BCUT2D eigenvalue weighted by molar-refractivity contribution is 5.92. The van der Waals surface area contributed by atoms with Crippen molar-refractivity contribution in [2.24, 2.45) is 0 Å². The Hall–Kier alpha value is -2.79. The van der Waals surface area contributed by atoms with E-state index >= 15 is 0 Å². The molecule has 2 rings (SSSR count). The van der Waals surface area contributed by atoms with E-state index in [0.717, 1.165) is 39.6 Å². The highest BCUT2D eigenvalue weighted by Gasteiger charge is 2.13. The summed E-state index contributed by atoms with van der Waals surface area (Å²) in [5.74, 6) is 0.360. The predicted octanol–water partition coefficient (Wildman–Crippen LogP) is 5.44. The topological polar surface area (TPSA) is 75.1 Å². The van der Waals surface area contributed by atoms with Crippen LogP contribution >= 0.6 is 0 Å². The van der Waals surface area contributed by atoms with Gasteiger partial charge in [0.15, 0.2) is 0 Å². The maximum absolute atomic E-state index is 11.2. The minimum absolute atomic E-state index is 0.154. The number of aromatic nitrogens is 2. The lowest BCUT2D eigenvalue weighted by atomic mass is 9.94. The van der Waals surface area contributed by atoms with Crippen LogP contribution in [0.15, 0.2) is 53.4 Å². The third-order valence-electron chi connectivity index (χ3n) is 5.04. The molecule has 2 aromatic heterocycles. The van der Waals surface area contributed by atoms with E-state index < -0.39 is 6.10 Å². The summed E-state index contributed by atoms with van der Waals surface area (Å²) in [6, 6.07) is 3.81. The molecule has 0 radical (unpaired) electrons. The van der Waals surface area contributed by atoms with E-state index in [1.54, 1.807) is 12.4 Å². The Kier molecular flexibility index (Phi) is 7.85. The molecular formula is C24H31N3O2. The van der Waals surface area contributed by atoms with Crippen molar-refractivity contribution >= 4 is 28.1 Å². The molecule has 0 bridgehead atoms. The van der Waals surface area contributed by atoms with Crippen LogP contribution in [0.2, 0.25) is 0 Å². The average Bonchev–Trinajstić information content (AvgIpc) is 2.71. The van der Waals surface area contributed by atoms with E-state index in [0.29, 0.717) is 12.2 Å². The molecule has 2 heterocycles. The summed E-state index contributed by atoms with van der Waals surface area (Å²) in [6.07, 6.45) is 8.76. The molecule has 0 aliphatic rings. The van der Waals surface area contributed by atoms with Gasteiger partial charge in [0.05, 0.1) is 11.8 Å². The molecule has 5 heteroatoms.